The third kappa shape index (κ3) is 3.69. The molecule has 2 aromatic rings. The van der Waals surface area contributed by atoms with Crippen molar-refractivity contribution < 1.29 is 26.0 Å². The van der Waals surface area contributed by atoms with Gasteiger partial charge in [-0.25, -0.2) is 21.2 Å². The largest absolute Gasteiger partial charge is 0.300 e. The number of piperidine rings is 1. The highest BCUT2D eigenvalue weighted by atomic mass is 32.2. The molecule has 10 heteroatoms. The number of sulfone groups is 1. The summed E-state index contributed by atoms with van der Waals surface area (Å²) in [6, 6.07) is 10.9. The quantitative estimate of drug-likeness (QED) is 0.743. The van der Waals surface area contributed by atoms with Crippen LogP contribution >= 0.6 is 0 Å². The summed E-state index contributed by atoms with van der Waals surface area (Å²) in [6.45, 7) is -0.293. The summed E-state index contributed by atoms with van der Waals surface area (Å²) >= 11 is 0. The van der Waals surface area contributed by atoms with Crippen LogP contribution in [0, 0.1) is 17.1 Å². The van der Waals surface area contributed by atoms with Gasteiger partial charge in [-0.3, -0.25) is 4.79 Å². The minimum Gasteiger partial charge on any atom is -0.300 e. The zero-order valence-electron chi connectivity index (χ0n) is 14.4. The molecule has 1 heterocycles. The first-order chi connectivity index (χ1) is 13.2. The fourth-order valence-electron chi connectivity index (χ4n) is 2.94. The van der Waals surface area contributed by atoms with Gasteiger partial charge in [0.25, 0.3) is 0 Å². The standard InChI is InChI=1S/C18H15FN2O5S2/c19-14-3-7-17(8-4-14)28(25,26)21-10-9-15(22)11-18(21)27(23,24)16-5-1-13(12-20)2-6-16/h1-8,18H,9-11H2. The number of rotatable bonds is 4. The van der Waals surface area contributed by atoms with Gasteiger partial charge < -0.3 is 0 Å². The molecule has 0 amide bonds. The van der Waals surface area contributed by atoms with Gasteiger partial charge in [0, 0.05) is 19.4 Å². The van der Waals surface area contributed by atoms with Crippen molar-refractivity contribution in [3.8, 4) is 6.07 Å². The minimum absolute atomic E-state index is 0.111. The first kappa shape index (κ1) is 20.1. The third-order valence-corrected chi connectivity index (χ3v) is 8.55. The molecule has 0 radical (unpaired) electrons. The molecule has 28 heavy (non-hydrogen) atoms. The maximum Gasteiger partial charge on any atom is 0.244 e. The van der Waals surface area contributed by atoms with Gasteiger partial charge in [0.1, 0.15) is 17.0 Å². The van der Waals surface area contributed by atoms with Gasteiger partial charge in [0.15, 0.2) is 9.84 Å². The fraction of sp³-hybridized carbons (Fsp3) is 0.222. The van der Waals surface area contributed by atoms with Crippen molar-refractivity contribution in [3.05, 3.63) is 59.9 Å². The van der Waals surface area contributed by atoms with Crippen LogP contribution in [0.1, 0.15) is 18.4 Å². The van der Waals surface area contributed by atoms with Crippen LogP contribution in [0.3, 0.4) is 0 Å². The summed E-state index contributed by atoms with van der Waals surface area (Å²) in [5.41, 5.74) is 0.245. The number of sulfonamides is 1. The molecular weight excluding hydrogens is 407 g/mol. The monoisotopic (exact) mass is 422 g/mol. The van der Waals surface area contributed by atoms with E-state index in [-0.39, 0.29) is 34.1 Å². The van der Waals surface area contributed by atoms with Crippen LogP contribution in [-0.2, 0) is 24.7 Å². The maximum absolute atomic E-state index is 13.1. The molecule has 0 N–H and O–H groups in total. The Hall–Kier alpha value is -2.61. The molecule has 0 saturated carbocycles. The van der Waals surface area contributed by atoms with Gasteiger partial charge in [-0.15, -0.1) is 0 Å². The van der Waals surface area contributed by atoms with Crippen molar-refractivity contribution >= 4 is 25.6 Å². The highest BCUT2D eigenvalue weighted by molar-refractivity contribution is 7.94. The number of carbonyl (C=O) groups excluding carboxylic acids is 1. The van der Waals surface area contributed by atoms with Crippen molar-refractivity contribution in [2.45, 2.75) is 28.0 Å². The second-order valence-corrected chi connectivity index (χ2v) is 10.2. The van der Waals surface area contributed by atoms with Gasteiger partial charge >= 0.3 is 0 Å². The summed E-state index contributed by atoms with van der Waals surface area (Å²) in [6.07, 6.45) is -0.595. The Bertz CT molecular complexity index is 1150. The lowest BCUT2D eigenvalue weighted by Crippen LogP contribution is -2.50. The molecule has 1 saturated heterocycles. The Morgan fingerprint density at radius 2 is 1.54 bits per heavy atom. The van der Waals surface area contributed by atoms with E-state index in [1.165, 1.54) is 24.3 Å². The molecule has 1 atom stereocenters. The van der Waals surface area contributed by atoms with E-state index in [0.29, 0.717) is 0 Å². The van der Waals surface area contributed by atoms with E-state index in [2.05, 4.69) is 0 Å². The minimum atomic E-state index is -4.27. The SMILES string of the molecule is N#Cc1ccc(S(=O)(=O)C2CC(=O)CCN2S(=O)(=O)c2ccc(F)cc2)cc1. The number of halogens is 1. The van der Waals surface area contributed by atoms with Crippen molar-refractivity contribution in [3.63, 3.8) is 0 Å². The van der Waals surface area contributed by atoms with Crippen LogP contribution in [0.5, 0.6) is 0 Å². The molecule has 1 aliphatic rings. The van der Waals surface area contributed by atoms with Crippen LogP contribution in [0.2, 0.25) is 0 Å². The number of Topliss-reactive ketones (excluding diaryl/α,β-unsaturated/α-hetero) is 1. The van der Waals surface area contributed by atoms with Gasteiger partial charge in [0.2, 0.25) is 10.0 Å². The van der Waals surface area contributed by atoms with Crippen LogP contribution < -0.4 is 0 Å². The lowest BCUT2D eigenvalue weighted by molar-refractivity contribution is -0.121. The van der Waals surface area contributed by atoms with Crippen molar-refractivity contribution in [2.75, 3.05) is 6.54 Å². The van der Waals surface area contributed by atoms with E-state index >= 15 is 0 Å². The summed E-state index contributed by atoms with van der Waals surface area (Å²) in [7, 11) is -8.50. The lowest BCUT2D eigenvalue weighted by atomic mass is 10.1. The Morgan fingerprint density at radius 1 is 0.964 bits per heavy atom. The zero-order valence-corrected chi connectivity index (χ0v) is 16.1. The number of carbonyl (C=O) groups is 1. The fourth-order valence-corrected chi connectivity index (χ4v) is 6.73. The number of nitrogens with zero attached hydrogens (tertiary/aromatic N) is 2. The predicted molar refractivity (Wildman–Crippen MR) is 96.7 cm³/mol. The highest BCUT2D eigenvalue weighted by Gasteiger charge is 2.44. The first-order valence-corrected chi connectivity index (χ1v) is 11.2. The second kappa shape index (κ2) is 7.43. The van der Waals surface area contributed by atoms with E-state index in [4.69, 9.17) is 5.26 Å². The van der Waals surface area contributed by atoms with Gasteiger partial charge in [-0.05, 0) is 48.5 Å². The van der Waals surface area contributed by atoms with Crippen molar-refractivity contribution in [1.82, 2.24) is 4.31 Å². The molecule has 2 aromatic carbocycles. The van der Waals surface area contributed by atoms with Crippen LogP contribution in [0.15, 0.2) is 58.3 Å². The van der Waals surface area contributed by atoms with Gasteiger partial charge in [-0.2, -0.15) is 9.57 Å². The first-order valence-electron chi connectivity index (χ1n) is 8.19. The molecule has 0 aromatic heterocycles. The number of hydrogen-bond donors (Lipinski definition) is 0. The van der Waals surface area contributed by atoms with Crippen LogP contribution in [-0.4, -0.2) is 38.8 Å². The van der Waals surface area contributed by atoms with E-state index in [1.54, 1.807) is 0 Å². The second-order valence-electron chi connectivity index (χ2n) is 6.20. The molecule has 1 unspecified atom stereocenters. The molecule has 0 spiro atoms. The number of nitriles is 1. The van der Waals surface area contributed by atoms with E-state index < -0.39 is 37.5 Å². The Kier molecular flexibility index (Phi) is 5.34. The van der Waals surface area contributed by atoms with E-state index in [9.17, 15) is 26.0 Å². The molecule has 7 nitrogen and oxygen atoms in total. The zero-order chi connectivity index (χ0) is 20.5. The van der Waals surface area contributed by atoms with Crippen LogP contribution in [0.25, 0.3) is 0 Å². The molecular formula is C18H15FN2O5S2. The van der Waals surface area contributed by atoms with Gasteiger partial charge in [-0.1, -0.05) is 0 Å². The van der Waals surface area contributed by atoms with Crippen LogP contribution in [0.4, 0.5) is 4.39 Å². The summed E-state index contributed by atoms with van der Waals surface area (Å²) < 4.78 is 66.0. The average Bonchev–Trinajstić information content (AvgIpc) is 2.68. The maximum atomic E-state index is 13.1. The Labute approximate surface area is 162 Å². The number of ketones is 1. The van der Waals surface area contributed by atoms with Crippen molar-refractivity contribution in [1.29, 1.82) is 5.26 Å². The summed E-state index contributed by atoms with van der Waals surface area (Å²) in [5, 5.41) is 7.24. The summed E-state index contributed by atoms with van der Waals surface area (Å²) in [4.78, 5) is 11.5. The normalized spacial score (nSPS) is 18.6. The lowest BCUT2D eigenvalue weighted by Gasteiger charge is -2.33. The molecule has 3 rings (SSSR count). The number of hydrogen-bond acceptors (Lipinski definition) is 6. The van der Waals surface area contributed by atoms with Gasteiger partial charge in [0.05, 0.1) is 21.4 Å². The molecule has 146 valence electrons. The molecule has 1 aliphatic heterocycles. The topological polar surface area (TPSA) is 112 Å². The molecule has 0 aliphatic carbocycles. The summed E-state index contributed by atoms with van der Waals surface area (Å²) in [5.74, 6) is -0.998. The van der Waals surface area contributed by atoms with Crippen molar-refractivity contribution in [2.24, 2.45) is 0 Å². The van der Waals surface area contributed by atoms with E-state index in [1.807, 2.05) is 6.07 Å². The van der Waals surface area contributed by atoms with E-state index in [0.717, 1.165) is 28.6 Å². The Morgan fingerprint density at radius 3 is 2.11 bits per heavy atom. The predicted octanol–water partition coefficient (Wildman–Crippen LogP) is 1.85. The Balaban J connectivity index is 2.06. The molecule has 1 fully saturated rings. The average molecular weight is 422 g/mol. The molecule has 0 bridgehead atoms. The highest BCUT2D eigenvalue weighted by Crippen LogP contribution is 2.30. The smallest absolute Gasteiger partial charge is 0.244 e. The number of benzene rings is 2. The third-order valence-electron chi connectivity index (χ3n) is 4.42.